The lowest BCUT2D eigenvalue weighted by molar-refractivity contribution is 0.0388. The normalized spacial score (nSPS) is 10.9. The lowest BCUT2D eigenvalue weighted by Crippen LogP contribution is -2.09. The first-order valence-electron chi connectivity index (χ1n) is 17.4. The first-order valence-corrected chi connectivity index (χ1v) is 20.5. The summed E-state index contributed by atoms with van der Waals surface area (Å²) in [6, 6.07) is 31.4. The quantitative estimate of drug-likeness (QED) is 0.0931. The fourth-order valence-electron chi connectivity index (χ4n) is 4.40. The van der Waals surface area contributed by atoms with Crippen molar-refractivity contribution >= 4 is 27.6 Å². The van der Waals surface area contributed by atoms with Crippen LogP contribution >= 0.6 is 11.8 Å². The minimum absolute atomic E-state index is 0.137. The Kier molecular flexibility index (Phi) is 21.4. The third-order valence-corrected chi connectivity index (χ3v) is 9.79. The van der Waals surface area contributed by atoms with Gasteiger partial charge in [0.2, 0.25) is 0 Å². The predicted molar refractivity (Wildman–Crippen MR) is 215 cm³/mol. The third-order valence-electron chi connectivity index (χ3n) is 7.92. The summed E-state index contributed by atoms with van der Waals surface area (Å²) in [4.78, 5) is 13.3. The monoisotopic (exact) mass is 736 g/mol. The summed E-state index contributed by atoms with van der Waals surface area (Å²) in [6.45, 7) is 18.0. The van der Waals surface area contributed by atoms with Gasteiger partial charge >= 0.3 is 5.97 Å². The van der Waals surface area contributed by atoms with E-state index in [1.165, 1.54) is 27.8 Å². The smallest absolute Gasteiger partial charge is 0.338 e. The molecule has 0 saturated heterocycles. The molecule has 0 atom stereocenters. The molecule has 0 radical (unpaired) electrons. The Bertz CT molecular complexity index is 1570. The van der Waals surface area contributed by atoms with Crippen LogP contribution < -0.4 is 0 Å². The standard InChI is InChI=1S/C13H18O3.C10H14O2S.C10H14O.C10H14S/c1-10(2)11-4-6-12(7-5-11)13(14)16-9-8-15-3;1-8(2)9-4-6-10(7-5-9)13(3,11)12;1-8(2)10-5-3-9(7-11)4-6-10;1-8(2)9-4-6-10(11-3)7-5-9/h4-7,10H,8-9H2,1-3H3;4-8H,1-3H3;3-6,8,11H,7H2,1-2H3;4-8H,1-3H3. The maximum Gasteiger partial charge on any atom is 0.338 e. The Labute approximate surface area is 312 Å². The lowest BCUT2D eigenvalue weighted by atomic mass is 10.0. The molecule has 0 aromatic heterocycles. The van der Waals surface area contributed by atoms with E-state index in [4.69, 9.17) is 14.6 Å². The second-order valence-electron chi connectivity index (χ2n) is 13.4. The van der Waals surface area contributed by atoms with Crippen LogP contribution in [0.4, 0.5) is 0 Å². The number of thioether (sulfide) groups is 1. The van der Waals surface area contributed by atoms with E-state index in [1.54, 1.807) is 43.1 Å². The minimum atomic E-state index is -3.05. The van der Waals surface area contributed by atoms with Gasteiger partial charge in [0, 0.05) is 18.3 Å². The Balaban J connectivity index is 0.000000344. The fraction of sp³-hybridized carbons (Fsp3) is 0.419. The Hall–Kier alpha value is -3.43. The molecule has 0 heterocycles. The number of methoxy groups -OCH3 is 1. The zero-order valence-corrected chi connectivity index (χ0v) is 34.1. The van der Waals surface area contributed by atoms with Gasteiger partial charge in [-0.05, 0) is 94.1 Å². The molecule has 1 N–H and O–H groups in total. The van der Waals surface area contributed by atoms with Crippen molar-refractivity contribution in [3.8, 4) is 0 Å². The summed E-state index contributed by atoms with van der Waals surface area (Å²) >= 11 is 1.79. The Morgan fingerprint density at radius 2 is 1.00 bits per heavy atom. The molecule has 280 valence electrons. The van der Waals surface area contributed by atoms with E-state index < -0.39 is 9.84 Å². The molecule has 0 bridgehead atoms. The number of benzene rings is 4. The first-order chi connectivity index (χ1) is 24.0. The van der Waals surface area contributed by atoms with Crippen LogP contribution in [0.15, 0.2) is 107 Å². The van der Waals surface area contributed by atoms with E-state index in [2.05, 4.69) is 98.0 Å². The molecule has 0 unspecified atom stereocenters. The van der Waals surface area contributed by atoms with E-state index >= 15 is 0 Å². The number of carbonyl (C=O) groups is 1. The molecule has 0 aliphatic carbocycles. The van der Waals surface area contributed by atoms with E-state index in [1.807, 2.05) is 36.4 Å². The molecule has 8 heteroatoms. The van der Waals surface area contributed by atoms with E-state index in [0.29, 0.717) is 47.3 Å². The van der Waals surface area contributed by atoms with Gasteiger partial charge in [0.15, 0.2) is 9.84 Å². The van der Waals surface area contributed by atoms with Crippen molar-refractivity contribution in [1.29, 1.82) is 0 Å². The van der Waals surface area contributed by atoms with Crippen molar-refractivity contribution in [2.75, 3.05) is 32.8 Å². The number of esters is 1. The lowest BCUT2D eigenvalue weighted by Gasteiger charge is -2.07. The molecular weight excluding hydrogens is 677 g/mol. The number of sulfone groups is 1. The van der Waals surface area contributed by atoms with Gasteiger partial charge in [-0.2, -0.15) is 0 Å². The van der Waals surface area contributed by atoms with Crippen LogP contribution in [-0.2, 0) is 25.9 Å². The molecule has 51 heavy (non-hydrogen) atoms. The van der Waals surface area contributed by atoms with Gasteiger partial charge in [-0.3, -0.25) is 0 Å². The molecule has 0 saturated carbocycles. The SMILES string of the molecule is CC(C)c1ccc(CO)cc1.CC(C)c1ccc(S(C)(=O)=O)cc1.COCCOC(=O)c1ccc(C(C)C)cc1.CSc1ccc(C(C)C)cc1. The largest absolute Gasteiger partial charge is 0.460 e. The average molecular weight is 737 g/mol. The van der Waals surface area contributed by atoms with E-state index in [9.17, 15) is 13.2 Å². The topological polar surface area (TPSA) is 89.9 Å². The summed E-state index contributed by atoms with van der Waals surface area (Å²) in [7, 11) is -1.47. The highest BCUT2D eigenvalue weighted by Crippen LogP contribution is 2.20. The summed E-state index contributed by atoms with van der Waals surface area (Å²) in [5, 5.41) is 8.77. The third kappa shape index (κ3) is 18.1. The van der Waals surface area contributed by atoms with Crippen molar-refractivity contribution in [2.45, 2.75) is 95.5 Å². The number of aliphatic hydroxyl groups is 1. The van der Waals surface area contributed by atoms with Gasteiger partial charge in [0.1, 0.15) is 6.61 Å². The summed E-state index contributed by atoms with van der Waals surface area (Å²) < 4.78 is 32.0. The molecule has 0 aliphatic heterocycles. The molecule has 0 aliphatic rings. The van der Waals surface area contributed by atoms with Crippen LogP contribution in [0, 0.1) is 0 Å². The number of aliphatic hydroxyl groups excluding tert-OH is 1. The van der Waals surface area contributed by atoms with Crippen molar-refractivity contribution in [1.82, 2.24) is 0 Å². The van der Waals surface area contributed by atoms with Gasteiger partial charge in [0.05, 0.1) is 23.7 Å². The fourth-order valence-corrected chi connectivity index (χ4v) is 5.44. The van der Waals surface area contributed by atoms with E-state index in [-0.39, 0.29) is 12.6 Å². The van der Waals surface area contributed by atoms with Crippen LogP contribution in [0.2, 0.25) is 0 Å². The number of carbonyl (C=O) groups excluding carboxylic acids is 1. The zero-order valence-electron chi connectivity index (χ0n) is 32.5. The highest BCUT2D eigenvalue weighted by Gasteiger charge is 2.08. The maximum absolute atomic E-state index is 11.5. The molecular formula is C43H60O6S2. The van der Waals surface area contributed by atoms with Crippen LogP contribution in [0.5, 0.6) is 0 Å². The van der Waals surface area contributed by atoms with Crippen molar-refractivity contribution in [3.05, 3.63) is 130 Å². The van der Waals surface area contributed by atoms with Gasteiger partial charge in [-0.1, -0.05) is 116 Å². The van der Waals surface area contributed by atoms with Crippen LogP contribution in [-0.4, -0.2) is 52.3 Å². The summed E-state index contributed by atoms with van der Waals surface area (Å²) in [5.41, 5.74) is 6.68. The highest BCUT2D eigenvalue weighted by molar-refractivity contribution is 7.98. The maximum atomic E-state index is 11.5. The van der Waals surface area contributed by atoms with Crippen LogP contribution in [0.3, 0.4) is 0 Å². The van der Waals surface area contributed by atoms with Crippen molar-refractivity contribution < 1.29 is 27.8 Å². The molecule has 4 aromatic carbocycles. The minimum Gasteiger partial charge on any atom is -0.460 e. The molecule has 0 spiro atoms. The Morgan fingerprint density at radius 1 is 0.627 bits per heavy atom. The molecule has 4 rings (SSSR count). The van der Waals surface area contributed by atoms with Crippen molar-refractivity contribution in [3.63, 3.8) is 0 Å². The van der Waals surface area contributed by atoms with E-state index in [0.717, 1.165) is 11.1 Å². The molecule has 4 aromatic rings. The van der Waals surface area contributed by atoms with Crippen molar-refractivity contribution in [2.24, 2.45) is 0 Å². The predicted octanol–water partition coefficient (Wildman–Crippen LogP) is 10.7. The second-order valence-corrected chi connectivity index (χ2v) is 16.3. The number of hydrogen-bond donors (Lipinski definition) is 1. The van der Waals surface area contributed by atoms with Gasteiger partial charge < -0.3 is 14.6 Å². The first kappa shape index (κ1) is 45.6. The van der Waals surface area contributed by atoms with Gasteiger partial charge in [-0.15, -0.1) is 11.8 Å². The highest BCUT2D eigenvalue weighted by atomic mass is 32.2. The summed E-state index contributed by atoms with van der Waals surface area (Å²) in [5.74, 6) is 1.83. The van der Waals surface area contributed by atoms with Gasteiger partial charge in [-0.25, -0.2) is 13.2 Å². The average Bonchev–Trinajstić information content (AvgIpc) is 3.12. The zero-order chi connectivity index (χ0) is 38.6. The van der Waals surface area contributed by atoms with Gasteiger partial charge in [0.25, 0.3) is 0 Å². The number of rotatable bonds is 11. The number of ether oxygens (including phenoxy) is 2. The molecule has 6 nitrogen and oxygen atoms in total. The van der Waals surface area contributed by atoms with Crippen LogP contribution in [0.25, 0.3) is 0 Å². The van der Waals surface area contributed by atoms with Crippen LogP contribution in [0.1, 0.15) is 117 Å². The number of hydrogen-bond acceptors (Lipinski definition) is 7. The molecule has 0 fully saturated rings. The second kappa shape index (κ2) is 23.9. The molecule has 0 amide bonds. The summed E-state index contributed by atoms with van der Waals surface area (Å²) in [6.07, 6.45) is 3.32. The Morgan fingerprint density at radius 3 is 1.33 bits per heavy atom.